The fraction of sp³-hybridized carbons (Fsp3) is 0.444. The molecule has 0 bridgehead atoms. The highest BCUT2D eigenvalue weighted by Crippen LogP contribution is 2.37. The normalized spacial score (nSPS) is 12.4. The number of H-pyrrole nitrogens is 1. The number of halogens is 1. The molecule has 0 amide bonds. The monoisotopic (exact) mass is 381 g/mol. The lowest BCUT2D eigenvalue weighted by atomic mass is 10.1. The van der Waals surface area contributed by atoms with E-state index >= 15 is 0 Å². The third kappa shape index (κ3) is 3.97. The predicted octanol–water partition coefficient (Wildman–Crippen LogP) is 4.70. The minimum Gasteiger partial charge on any atom is -0.463 e. The van der Waals surface area contributed by atoms with Crippen molar-refractivity contribution in [3.05, 3.63) is 34.5 Å². The molecule has 0 saturated heterocycles. The first-order valence-corrected chi connectivity index (χ1v) is 11.3. The fourth-order valence-corrected chi connectivity index (χ4v) is 3.36. The number of esters is 1. The van der Waals surface area contributed by atoms with Crippen LogP contribution in [0, 0.1) is 0 Å². The molecule has 1 aromatic heterocycles. The van der Waals surface area contributed by atoms with Crippen LogP contribution in [0.4, 0.5) is 0 Å². The number of carbonyl (C=O) groups is 2. The number of nitrogens with one attached hydrogen (secondary N) is 1. The first-order chi connectivity index (χ1) is 11.5. The second-order valence-electron chi connectivity index (χ2n) is 7.54. The van der Waals surface area contributed by atoms with E-state index < -0.39 is 20.1 Å². The molecule has 0 atom stereocenters. The molecule has 5 nitrogen and oxygen atoms in total. The van der Waals surface area contributed by atoms with Gasteiger partial charge in [0.1, 0.15) is 0 Å². The molecule has 0 spiro atoms. The Labute approximate surface area is 153 Å². The second-order valence-corrected chi connectivity index (χ2v) is 12.8. The number of aromatic amines is 1. The fourth-order valence-electron chi connectivity index (χ4n) is 2.25. The zero-order chi connectivity index (χ0) is 19.0. The van der Waals surface area contributed by atoms with Crippen molar-refractivity contribution in [1.29, 1.82) is 0 Å². The molecule has 2 rings (SSSR count). The molecular weight excluding hydrogens is 358 g/mol. The van der Waals surface area contributed by atoms with E-state index in [9.17, 15) is 9.59 Å². The van der Waals surface area contributed by atoms with Crippen molar-refractivity contribution < 1.29 is 18.8 Å². The van der Waals surface area contributed by atoms with E-state index in [0.29, 0.717) is 16.1 Å². The van der Waals surface area contributed by atoms with Gasteiger partial charge in [-0.05, 0) is 36.3 Å². The Hall–Kier alpha value is -1.63. The van der Waals surface area contributed by atoms with E-state index in [1.165, 1.54) is 7.11 Å². The van der Waals surface area contributed by atoms with Gasteiger partial charge in [-0.25, -0.2) is 4.79 Å². The number of hydrogen-bond donors (Lipinski definition) is 1. The van der Waals surface area contributed by atoms with Crippen LogP contribution in [0.3, 0.4) is 0 Å². The number of fused-ring (bicyclic) bond motifs is 1. The van der Waals surface area contributed by atoms with Crippen molar-refractivity contribution in [2.24, 2.45) is 0 Å². The van der Waals surface area contributed by atoms with E-state index in [1.807, 2.05) is 0 Å². The largest absolute Gasteiger partial charge is 0.463 e. The van der Waals surface area contributed by atoms with Crippen molar-refractivity contribution >= 4 is 42.6 Å². The van der Waals surface area contributed by atoms with Crippen molar-refractivity contribution in [2.45, 2.75) is 45.5 Å². The van der Waals surface area contributed by atoms with Crippen LogP contribution < -0.4 is 0 Å². The van der Waals surface area contributed by atoms with Crippen LogP contribution in [0.25, 0.3) is 10.9 Å². The summed E-state index contributed by atoms with van der Waals surface area (Å²) < 4.78 is 10.8. The Balaban J connectivity index is 2.49. The Morgan fingerprint density at radius 2 is 1.88 bits per heavy atom. The number of benzene rings is 1. The lowest BCUT2D eigenvalue weighted by Gasteiger charge is -2.36. The Morgan fingerprint density at radius 1 is 1.24 bits per heavy atom. The molecule has 2 aromatic rings. The molecule has 0 saturated carbocycles. The summed E-state index contributed by atoms with van der Waals surface area (Å²) in [7, 11) is -0.826. The van der Waals surface area contributed by atoms with Crippen LogP contribution >= 0.6 is 11.6 Å². The standard InChI is InChI=1S/C18H24ClNO4Si/c1-18(2,3)25(5,6)24-10-14-15(16(21)17(22)23-4)12-9-11(19)7-8-13(12)20-14/h7-9,20H,10H2,1-6H3. The van der Waals surface area contributed by atoms with Gasteiger partial charge in [-0.2, -0.15) is 0 Å². The van der Waals surface area contributed by atoms with Gasteiger partial charge in [0.05, 0.1) is 25.0 Å². The molecular formula is C18H24ClNO4Si. The molecule has 7 heteroatoms. The molecule has 0 unspecified atom stereocenters. The maximum atomic E-state index is 12.5. The minimum atomic E-state index is -2.01. The number of methoxy groups -OCH3 is 1. The van der Waals surface area contributed by atoms with Crippen molar-refractivity contribution in [2.75, 3.05) is 7.11 Å². The van der Waals surface area contributed by atoms with E-state index in [4.69, 9.17) is 16.0 Å². The van der Waals surface area contributed by atoms with Crippen molar-refractivity contribution in [1.82, 2.24) is 4.98 Å². The number of Topliss-reactive ketones (excluding diaryl/α,β-unsaturated/α-hetero) is 1. The Bertz CT molecular complexity index is 820. The van der Waals surface area contributed by atoms with E-state index in [-0.39, 0.29) is 17.2 Å². The SMILES string of the molecule is COC(=O)C(=O)c1c(CO[Si](C)(C)C(C)(C)C)[nH]c2ccc(Cl)cc12. The molecule has 0 aliphatic rings. The van der Waals surface area contributed by atoms with Gasteiger partial charge in [0.15, 0.2) is 8.32 Å². The molecule has 136 valence electrons. The summed E-state index contributed by atoms with van der Waals surface area (Å²) in [5.41, 5.74) is 1.56. The quantitative estimate of drug-likeness (QED) is 0.353. The van der Waals surface area contributed by atoms with Gasteiger partial charge < -0.3 is 14.1 Å². The van der Waals surface area contributed by atoms with E-state index in [1.54, 1.807) is 18.2 Å². The second kappa shape index (κ2) is 6.94. The number of rotatable bonds is 5. The zero-order valence-corrected chi connectivity index (χ0v) is 17.2. The van der Waals surface area contributed by atoms with Crippen LogP contribution in [-0.4, -0.2) is 32.2 Å². The van der Waals surface area contributed by atoms with Gasteiger partial charge in [0, 0.05) is 15.9 Å². The average Bonchev–Trinajstić information content (AvgIpc) is 2.87. The van der Waals surface area contributed by atoms with E-state index in [2.05, 4.69) is 43.6 Å². The van der Waals surface area contributed by atoms with Gasteiger partial charge in [0.2, 0.25) is 0 Å². The lowest BCUT2D eigenvalue weighted by Crippen LogP contribution is -2.40. The summed E-state index contributed by atoms with van der Waals surface area (Å²) >= 11 is 6.06. The maximum Gasteiger partial charge on any atom is 0.379 e. The summed E-state index contributed by atoms with van der Waals surface area (Å²) in [6, 6.07) is 5.17. The number of ether oxygens (including phenoxy) is 1. The number of aromatic nitrogens is 1. The third-order valence-electron chi connectivity index (χ3n) is 4.82. The van der Waals surface area contributed by atoms with Gasteiger partial charge in [-0.15, -0.1) is 0 Å². The summed E-state index contributed by atoms with van der Waals surface area (Å²) in [4.78, 5) is 27.5. The molecule has 0 aliphatic carbocycles. The first kappa shape index (κ1) is 19.7. The maximum absolute atomic E-state index is 12.5. The smallest absolute Gasteiger partial charge is 0.379 e. The Kier molecular flexibility index (Phi) is 5.46. The summed E-state index contributed by atoms with van der Waals surface area (Å²) in [5.74, 6) is -1.61. The molecule has 25 heavy (non-hydrogen) atoms. The third-order valence-corrected chi connectivity index (χ3v) is 9.53. The number of hydrogen-bond acceptors (Lipinski definition) is 4. The van der Waals surface area contributed by atoms with Crippen LogP contribution in [0.5, 0.6) is 0 Å². The molecule has 0 aliphatic heterocycles. The average molecular weight is 382 g/mol. The van der Waals surface area contributed by atoms with E-state index in [0.717, 1.165) is 5.52 Å². The zero-order valence-electron chi connectivity index (χ0n) is 15.5. The van der Waals surface area contributed by atoms with Gasteiger partial charge in [-0.1, -0.05) is 32.4 Å². The highest BCUT2D eigenvalue weighted by atomic mass is 35.5. The van der Waals surface area contributed by atoms with Crippen molar-refractivity contribution in [3.63, 3.8) is 0 Å². The van der Waals surface area contributed by atoms with Crippen LogP contribution in [0.15, 0.2) is 18.2 Å². The summed E-state index contributed by atoms with van der Waals surface area (Å²) in [5, 5.41) is 1.12. The van der Waals surface area contributed by atoms with Gasteiger partial charge >= 0.3 is 5.97 Å². The van der Waals surface area contributed by atoms with Crippen LogP contribution in [0.2, 0.25) is 23.2 Å². The number of ketones is 1. The Morgan fingerprint density at radius 3 is 2.44 bits per heavy atom. The molecule has 0 radical (unpaired) electrons. The first-order valence-electron chi connectivity index (χ1n) is 8.04. The topological polar surface area (TPSA) is 68.4 Å². The molecule has 1 N–H and O–H groups in total. The predicted molar refractivity (Wildman–Crippen MR) is 102 cm³/mol. The number of carbonyl (C=O) groups excluding carboxylic acids is 2. The molecule has 1 heterocycles. The molecule has 1 aromatic carbocycles. The lowest BCUT2D eigenvalue weighted by molar-refractivity contribution is -0.135. The van der Waals surface area contributed by atoms with Crippen LogP contribution in [-0.2, 0) is 20.6 Å². The van der Waals surface area contributed by atoms with Gasteiger partial charge in [0.25, 0.3) is 5.78 Å². The minimum absolute atomic E-state index is 0.0366. The summed E-state index contributed by atoms with van der Waals surface area (Å²) in [6.07, 6.45) is 0. The van der Waals surface area contributed by atoms with Crippen LogP contribution in [0.1, 0.15) is 36.8 Å². The highest BCUT2D eigenvalue weighted by molar-refractivity contribution is 6.74. The summed E-state index contributed by atoms with van der Waals surface area (Å²) in [6.45, 7) is 10.9. The van der Waals surface area contributed by atoms with Crippen molar-refractivity contribution in [3.8, 4) is 0 Å². The molecule has 0 fully saturated rings. The highest BCUT2D eigenvalue weighted by Gasteiger charge is 2.37. The van der Waals surface area contributed by atoms with Gasteiger partial charge in [-0.3, -0.25) is 4.79 Å².